The van der Waals surface area contributed by atoms with Crippen LogP contribution in [-0.4, -0.2) is 4.57 Å². The van der Waals surface area contributed by atoms with Gasteiger partial charge in [-0.1, -0.05) is 35.4 Å². The summed E-state index contributed by atoms with van der Waals surface area (Å²) in [6.45, 7) is 12.8. The van der Waals surface area contributed by atoms with Gasteiger partial charge in [-0.05, 0) is 63.8 Å². The zero-order chi connectivity index (χ0) is 17.6. The van der Waals surface area contributed by atoms with Crippen LogP contribution in [-0.2, 0) is 0 Å². The first-order valence-corrected chi connectivity index (χ1v) is 8.62. The van der Waals surface area contributed by atoms with Gasteiger partial charge in [0.15, 0.2) is 0 Å². The van der Waals surface area contributed by atoms with Crippen LogP contribution in [0.25, 0.3) is 11.4 Å². The molecule has 3 aromatic rings. The minimum atomic E-state index is 0. The van der Waals surface area contributed by atoms with E-state index in [-0.39, 0.29) is 12.4 Å². The molecule has 132 valence electrons. The van der Waals surface area contributed by atoms with Gasteiger partial charge in [-0.2, -0.15) is 9.13 Å². The van der Waals surface area contributed by atoms with Crippen molar-refractivity contribution in [2.45, 2.75) is 41.5 Å². The third-order valence-electron chi connectivity index (χ3n) is 4.51. The lowest BCUT2D eigenvalue weighted by molar-refractivity contribution is -0.593. The molecule has 0 spiro atoms. The van der Waals surface area contributed by atoms with Crippen molar-refractivity contribution < 1.29 is 17.0 Å². The molecule has 2 nitrogen and oxygen atoms in total. The molecule has 0 amide bonds. The first-order chi connectivity index (χ1) is 11.3. The van der Waals surface area contributed by atoms with E-state index in [1.165, 1.54) is 33.4 Å². The van der Waals surface area contributed by atoms with E-state index >= 15 is 0 Å². The zero-order valence-corrected chi connectivity index (χ0v) is 17.1. The minimum Gasteiger partial charge on any atom is -1.00 e. The number of aromatic nitrogens is 2. The summed E-state index contributed by atoms with van der Waals surface area (Å²) in [5.74, 6) is 0. The monoisotopic (exact) mass is 374 g/mol. The van der Waals surface area contributed by atoms with E-state index in [9.17, 15) is 0 Å². The van der Waals surface area contributed by atoms with E-state index in [1.54, 1.807) is 0 Å². The van der Waals surface area contributed by atoms with Gasteiger partial charge in [-0.3, -0.25) is 0 Å². The highest BCUT2D eigenvalue weighted by atomic mass is 35.5. The maximum Gasteiger partial charge on any atom is 0.365 e. The molecule has 0 atom stereocenters. The highest BCUT2D eigenvalue weighted by Crippen LogP contribution is 2.25. The van der Waals surface area contributed by atoms with Crippen LogP contribution >= 0.6 is 11.6 Å². The topological polar surface area (TPSA) is 8.81 Å². The number of halogens is 2. The van der Waals surface area contributed by atoms with Crippen LogP contribution in [0.5, 0.6) is 0 Å². The Kier molecular flexibility index (Phi) is 5.65. The summed E-state index contributed by atoms with van der Waals surface area (Å²) >= 11 is 6.79. The van der Waals surface area contributed by atoms with Gasteiger partial charge in [-0.25, -0.2) is 0 Å². The first-order valence-electron chi connectivity index (χ1n) is 8.24. The third-order valence-corrected chi connectivity index (χ3v) is 4.88. The van der Waals surface area contributed by atoms with Gasteiger partial charge in [0.25, 0.3) is 0 Å². The minimum absolute atomic E-state index is 0. The smallest absolute Gasteiger partial charge is 0.365 e. The maximum atomic E-state index is 6.79. The summed E-state index contributed by atoms with van der Waals surface area (Å²) in [6.07, 6.45) is 4.09. The summed E-state index contributed by atoms with van der Waals surface area (Å²) in [6, 6.07) is 8.80. The third kappa shape index (κ3) is 3.47. The Bertz CT molecular complexity index is 818. The number of rotatable bonds is 2. The highest BCUT2D eigenvalue weighted by molar-refractivity contribution is 6.27. The molecule has 1 aromatic heterocycles. The number of nitrogens with zero attached hydrogens (tertiary/aromatic N) is 2. The Labute approximate surface area is 161 Å². The van der Waals surface area contributed by atoms with Crippen molar-refractivity contribution in [2.75, 3.05) is 0 Å². The van der Waals surface area contributed by atoms with E-state index in [2.05, 4.69) is 74.9 Å². The molecule has 0 fully saturated rings. The Morgan fingerprint density at radius 2 is 1.20 bits per heavy atom. The van der Waals surface area contributed by atoms with Gasteiger partial charge in [0.05, 0.1) is 0 Å². The molecule has 0 aliphatic heterocycles. The van der Waals surface area contributed by atoms with Crippen molar-refractivity contribution >= 4 is 11.6 Å². The van der Waals surface area contributed by atoms with Gasteiger partial charge >= 0.3 is 5.28 Å². The normalized spacial score (nSPS) is 10.7. The van der Waals surface area contributed by atoms with E-state index in [0.29, 0.717) is 5.28 Å². The number of aryl methyl sites for hydroxylation is 6. The number of imidazole rings is 1. The van der Waals surface area contributed by atoms with Gasteiger partial charge in [0.1, 0.15) is 23.8 Å². The van der Waals surface area contributed by atoms with Crippen molar-refractivity contribution in [3.63, 3.8) is 0 Å². The molecule has 0 aliphatic rings. The lowest BCUT2D eigenvalue weighted by Crippen LogP contribution is -3.00. The molecule has 2 aromatic carbocycles. The second-order valence-corrected chi connectivity index (χ2v) is 7.14. The highest BCUT2D eigenvalue weighted by Gasteiger charge is 2.23. The quantitative estimate of drug-likeness (QED) is 0.608. The molecule has 0 aliphatic carbocycles. The number of hydrogen-bond acceptors (Lipinski definition) is 0. The summed E-state index contributed by atoms with van der Waals surface area (Å²) < 4.78 is 4.15. The van der Waals surface area contributed by atoms with Crippen molar-refractivity contribution in [1.29, 1.82) is 0 Å². The molecular formula is C21H24Cl2N2. The van der Waals surface area contributed by atoms with Crippen LogP contribution in [0.3, 0.4) is 0 Å². The SMILES string of the molecule is Cc1cc(C)c(-n2cc[n+](-c3c(C)cc(C)cc3C)c2Cl)c(C)c1.[Cl-]. The lowest BCUT2D eigenvalue weighted by Gasteiger charge is -2.10. The predicted octanol–water partition coefficient (Wildman–Crippen LogP) is 2.26. The van der Waals surface area contributed by atoms with E-state index < -0.39 is 0 Å². The molecule has 3 rings (SSSR count). The van der Waals surface area contributed by atoms with Crippen molar-refractivity contribution in [3.05, 3.63) is 75.3 Å². The van der Waals surface area contributed by atoms with Gasteiger partial charge in [0, 0.05) is 11.6 Å². The van der Waals surface area contributed by atoms with Crippen LogP contribution in [0, 0.1) is 41.5 Å². The van der Waals surface area contributed by atoms with Gasteiger partial charge in [0.2, 0.25) is 0 Å². The summed E-state index contributed by atoms with van der Waals surface area (Å²) in [7, 11) is 0. The molecule has 1 heterocycles. The van der Waals surface area contributed by atoms with Crippen molar-refractivity contribution in [2.24, 2.45) is 0 Å². The van der Waals surface area contributed by atoms with Crippen LogP contribution in [0.4, 0.5) is 0 Å². The first kappa shape index (κ1) is 19.6. The second-order valence-electron chi connectivity index (χ2n) is 6.80. The zero-order valence-electron chi connectivity index (χ0n) is 15.6. The Balaban J connectivity index is 0.00000225. The average Bonchev–Trinajstić information content (AvgIpc) is 2.79. The largest absolute Gasteiger partial charge is 1.00 e. The predicted molar refractivity (Wildman–Crippen MR) is 101 cm³/mol. The number of hydrogen-bond donors (Lipinski definition) is 0. The van der Waals surface area contributed by atoms with Crippen LogP contribution < -0.4 is 17.0 Å². The lowest BCUT2D eigenvalue weighted by atomic mass is 10.0. The molecule has 0 saturated carbocycles. The Morgan fingerprint density at radius 3 is 1.68 bits per heavy atom. The van der Waals surface area contributed by atoms with E-state index in [1.807, 2.05) is 12.4 Å². The Morgan fingerprint density at radius 1 is 0.760 bits per heavy atom. The maximum absolute atomic E-state index is 6.79. The Hall–Kier alpha value is -1.77. The summed E-state index contributed by atoms with van der Waals surface area (Å²) in [5.41, 5.74) is 9.79. The van der Waals surface area contributed by atoms with Crippen molar-refractivity contribution in [3.8, 4) is 11.4 Å². The van der Waals surface area contributed by atoms with Gasteiger partial charge in [-0.15, -0.1) is 0 Å². The summed E-state index contributed by atoms with van der Waals surface area (Å²) in [4.78, 5) is 0. The fourth-order valence-electron chi connectivity index (χ4n) is 3.81. The van der Waals surface area contributed by atoms with E-state index in [4.69, 9.17) is 11.6 Å². The molecule has 0 bridgehead atoms. The molecule has 4 heteroatoms. The summed E-state index contributed by atoms with van der Waals surface area (Å²) in [5, 5.41) is 0.695. The second kappa shape index (κ2) is 7.23. The molecule has 0 N–H and O–H groups in total. The standard InChI is InChI=1S/C21H24ClN2.ClH/c1-13-9-15(3)19(16(4)10-13)23-7-8-24(21(23)22)20-17(5)11-14(2)12-18(20)6;/h7-12H,1-6H3;1H/q+1;/p-1. The molecule has 0 radical (unpaired) electrons. The average molecular weight is 375 g/mol. The molecule has 25 heavy (non-hydrogen) atoms. The van der Waals surface area contributed by atoms with Crippen molar-refractivity contribution in [1.82, 2.24) is 4.57 Å². The van der Waals surface area contributed by atoms with Crippen LogP contribution in [0.2, 0.25) is 5.28 Å². The molecular weight excluding hydrogens is 351 g/mol. The van der Waals surface area contributed by atoms with Crippen LogP contribution in [0.15, 0.2) is 36.7 Å². The fraction of sp³-hybridized carbons (Fsp3) is 0.286. The molecule has 0 saturated heterocycles. The number of benzene rings is 2. The molecule has 0 unspecified atom stereocenters. The van der Waals surface area contributed by atoms with E-state index in [0.717, 1.165) is 11.4 Å². The van der Waals surface area contributed by atoms with Gasteiger partial charge < -0.3 is 12.4 Å². The fourth-order valence-corrected chi connectivity index (χ4v) is 4.09. The van der Waals surface area contributed by atoms with Crippen LogP contribution in [0.1, 0.15) is 33.4 Å².